The van der Waals surface area contributed by atoms with Crippen LogP contribution < -0.4 is 0 Å². The summed E-state index contributed by atoms with van der Waals surface area (Å²) in [6.45, 7) is 39.4. The lowest BCUT2D eigenvalue weighted by Crippen LogP contribution is -1.71. The molecule has 0 radical (unpaired) electrons. The van der Waals surface area contributed by atoms with Gasteiger partial charge in [0.2, 0.25) is 0 Å². The average molecular weight is 1050 g/mol. The fraction of sp³-hybridized carbons (Fsp3) is 0.417. The molecule has 0 aliphatic rings. The number of nitrogens with zero attached hydrogens (tertiary/aromatic N) is 12. The van der Waals surface area contributed by atoms with E-state index in [-0.39, 0.29) is 0 Å². The minimum absolute atomic E-state index is 0.861. The van der Waals surface area contributed by atoms with Gasteiger partial charge in [0.05, 0.1) is 79.7 Å². The highest BCUT2D eigenvalue weighted by Crippen LogP contribution is 2.10. The fourth-order valence-electron chi connectivity index (χ4n) is 3.36. The molecule has 380 valence electrons. The first kappa shape index (κ1) is 62.1. The highest BCUT2D eigenvalue weighted by molar-refractivity contribution is 7.10. The van der Waals surface area contributed by atoms with Crippen molar-refractivity contribution in [2.45, 2.75) is 138 Å². The molecule has 22 heteroatoms. The van der Waals surface area contributed by atoms with Gasteiger partial charge in [0.15, 0.2) is 12.8 Å². The molecule has 0 spiro atoms. The van der Waals surface area contributed by atoms with Crippen molar-refractivity contribution >= 4 is 57.5 Å². The summed E-state index contributed by atoms with van der Waals surface area (Å²) in [5.41, 5.74) is 20.9. The first-order valence-corrected chi connectivity index (χ1v) is 25.7. The number of oxazole rings is 2. The van der Waals surface area contributed by atoms with Crippen LogP contribution in [-0.4, -0.2) is 58.1 Å². The molecule has 0 aliphatic carbocycles. The summed E-state index contributed by atoms with van der Waals surface area (Å²) in [5, 5.41) is 18.4. The molecule has 0 saturated carbocycles. The minimum Gasteiger partial charge on any atom is -0.449 e. The van der Waals surface area contributed by atoms with Crippen molar-refractivity contribution in [1.82, 2.24) is 58.1 Å². The van der Waals surface area contributed by atoms with Gasteiger partial charge in [-0.25, -0.2) is 24.6 Å². The second-order valence-corrected chi connectivity index (χ2v) is 19.1. The zero-order chi connectivity index (χ0) is 52.8. The van der Waals surface area contributed by atoms with Crippen LogP contribution in [0.15, 0.2) is 69.6 Å². The lowest BCUT2D eigenvalue weighted by atomic mass is 10.3. The van der Waals surface area contributed by atoms with Gasteiger partial charge in [-0.3, -0.25) is 0 Å². The zero-order valence-corrected chi connectivity index (χ0v) is 48.2. The molecule has 17 nitrogen and oxygen atoms in total. The van der Waals surface area contributed by atoms with Crippen LogP contribution in [0.3, 0.4) is 0 Å². The summed E-state index contributed by atoms with van der Waals surface area (Å²) < 4.78 is 39.3. The lowest BCUT2D eigenvalue weighted by molar-refractivity contribution is 0.302. The van der Waals surface area contributed by atoms with Crippen LogP contribution >= 0.6 is 57.5 Å². The molecule has 0 fully saturated rings. The molecule has 10 heterocycles. The van der Waals surface area contributed by atoms with Gasteiger partial charge in [-0.15, -0.1) is 22.7 Å². The molecular weight excluding hydrogens is 985 g/mol. The number of aryl methyl sites for hydroxylation is 20. The standard InChI is InChI=1S/4C5H7NO.4C5H7NS.C4H6N2O.C4H6N2S/c2*1-4-5(2)7-3-6-4;2*1-4-3-7-6-5(4)2;2*1-4-5(2)7-3-6-4;2*1-4-3-7-6-5(4)2;2*1-3-4(2)6-7-5-3/h8*3H,1-2H3;2*1-2H3. The summed E-state index contributed by atoms with van der Waals surface area (Å²) in [5.74, 6) is 1.81. The monoisotopic (exact) mass is 1050 g/mol. The summed E-state index contributed by atoms with van der Waals surface area (Å²) >= 11 is 7.69. The first-order chi connectivity index (χ1) is 33.0. The molecule has 0 amide bonds. The topological polar surface area (TPSA) is 220 Å². The van der Waals surface area contributed by atoms with Crippen LogP contribution in [-0.2, 0) is 0 Å². The Balaban J connectivity index is 0.000000389. The molecule has 10 aromatic heterocycles. The van der Waals surface area contributed by atoms with Gasteiger partial charge in [0.25, 0.3) is 0 Å². The normalized spacial score (nSPS) is 9.43. The van der Waals surface area contributed by atoms with Gasteiger partial charge in [-0.2, -0.15) is 17.5 Å². The van der Waals surface area contributed by atoms with Crippen molar-refractivity contribution in [2.75, 3.05) is 0 Å². The van der Waals surface area contributed by atoms with Crippen molar-refractivity contribution in [2.24, 2.45) is 0 Å². The van der Waals surface area contributed by atoms with Gasteiger partial charge in [0.1, 0.15) is 35.4 Å². The SMILES string of the molecule is Cc1conc1C.Cc1conc1C.Cc1csnc1C.Cc1csnc1C.Cc1ncoc1C.Cc1ncoc1C.Cc1ncsc1C.Cc1ncsc1C.Cc1nonc1C.Cc1nsnc1C. The van der Waals surface area contributed by atoms with E-state index >= 15 is 0 Å². The Morgan fingerprint density at radius 3 is 0.800 bits per heavy atom. The second-order valence-electron chi connectivity index (χ2n) is 15.2. The van der Waals surface area contributed by atoms with E-state index in [9.17, 15) is 0 Å². The van der Waals surface area contributed by atoms with Gasteiger partial charge in [-0.05, 0) is 173 Å². The molecule has 0 unspecified atom stereocenters. The molecule has 0 saturated heterocycles. The molecule has 0 aliphatic heterocycles. The van der Waals surface area contributed by atoms with Crippen LogP contribution in [0.25, 0.3) is 0 Å². The minimum atomic E-state index is 0.861. The average Bonchev–Trinajstić information content (AvgIpc) is 4.23. The number of hydrogen-bond acceptors (Lipinski definition) is 22. The highest BCUT2D eigenvalue weighted by atomic mass is 32.1. The maximum atomic E-state index is 4.85. The second kappa shape index (κ2) is 34.4. The lowest BCUT2D eigenvalue weighted by Gasteiger charge is -1.77. The van der Waals surface area contributed by atoms with Crippen molar-refractivity contribution < 1.29 is 22.5 Å². The maximum Gasteiger partial charge on any atom is 0.181 e. The van der Waals surface area contributed by atoms with E-state index in [1.54, 1.807) is 35.2 Å². The summed E-state index contributed by atoms with van der Waals surface area (Å²) in [6.07, 6.45) is 6.17. The van der Waals surface area contributed by atoms with Crippen molar-refractivity contribution in [3.8, 4) is 0 Å². The smallest absolute Gasteiger partial charge is 0.181 e. The Labute approximate surface area is 432 Å². The fourth-order valence-corrected chi connectivity index (χ4v) is 6.46. The van der Waals surface area contributed by atoms with E-state index in [0.717, 1.165) is 91.0 Å². The largest absolute Gasteiger partial charge is 0.449 e. The molecule has 70 heavy (non-hydrogen) atoms. The molecular formula is C48H68N12O5S5. The van der Waals surface area contributed by atoms with E-state index in [2.05, 4.69) is 110 Å². The van der Waals surface area contributed by atoms with Gasteiger partial charge < -0.3 is 17.9 Å². The molecule has 0 atom stereocenters. The summed E-state index contributed by atoms with van der Waals surface area (Å²) in [4.78, 5) is 18.4. The van der Waals surface area contributed by atoms with E-state index < -0.39 is 0 Å². The Bertz CT molecular complexity index is 2050. The third-order valence-corrected chi connectivity index (χ3v) is 13.8. The van der Waals surface area contributed by atoms with E-state index in [4.69, 9.17) is 8.83 Å². The Morgan fingerprint density at radius 2 is 0.714 bits per heavy atom. The first-order valence-electron chi connectivity index (χ1n) is 21.5. The van der Waals surface area contributed by atoms with Crippen molar-refractivity contribution in [3.05, 3.63) is 159 Å². The molecule has 10 rings (SSSR count). The third kappa shape index (κ3) is 26.2. The van der Waals surface area contributed by atoms with Crippen LogP contribution in [0.4, 0.5) is 0 Å². The highest BCUT2D eigenvalue weighted by Gasteiger charge is 1.96. The molecule has 0 bridgehead atoms. The van der Waals surface area contributed by atoms with Crippen LogP contribution in [0.1, 0.15) is 112 Å². The Morgan fingerprint density at radius 1 is 0.343 bits per heavy atom. The van der Waals surface area contributed by atoms with Crippen LogP contribution in [0, 0.1) is 138 Å². The summed E-state index contributed by atoms with van der Waals surface area (Å²) in [7, 11) is 0. The predicted molar refractivity (Wildman–Crippen MR) is 283 cm³/mol. The zero-order valence-electron chi connectivity index (χ0n) is 44.1. The van der Waals surface area contributed by atoms with Gasteiger partial charge in [0, 0.05) is 31.6 Å². The van der Waals surface area contributed by atoms with Crippen molar-refractivity contribution in [3.63, 3.8) is 0 Å². The number of aromatic nitrogens is 12. The Hall–Kier alpha value is -5.94. The molecule has 0 N–H and O–H groups in total. The molecule has 10 aromatic rings. The van der Waals surface area contributed by atoms with Gasteiger partial charge in [-0.1, -0.05) is 20.6 Å². The van der Waals surface area contributed by atoms with Crippen molar-refractivity contribution in [1.29, 1.82) is 0 Å². The number of rotatable bonds is 0. The van der Waals surface area contributed by atoms with Crippen LogP contribution in [0.2, 0.25) is 0 Å². The summed E-state index contributed by atoms with van der Waals surface area (Å²) in [6, 6.07) is 0. The quantitative estimate of drug-likeness (QED) is 0.138. The number of thiazole rings is 2. The Kier molecular flexibility index (Phi) is 30.5. The maximum absolute atomic E-state index is 4.85. The van der Waals surface area contributed by atoms with E-state index in [0.29, 0.717) is 0 Å². The number of hydrogen-bond donors (Lipinski definition) is 0. The van der Waals surface area contributed by atoms with Crippen LogP contribution in [0.5, 0.6) is 0 Å². The van der Waals surface area contributed by atoms with E-state index in [1.165, 1.54) is 68.5 Å². The molecule has 0 aromatic carbocycles. The van der Waals surface area contributed by atoms with E-state index in [1.807, 2.05) is 122 Å². The third-order valence-electron chi connectivity index (χ3n) is 9.66. The van der Waals surface area contributed by atoms with Gasteiger partial charge >= 0.3 is 0 Å². The predicted octanol–water partition coefficient (Wildman–Crippen LogP) is 14.0.